The zero-order valence-corrected chi connectivity index (χ0v) is 15.9. The number of aromatic nitrogens is 3. The van der Waals surface area contributed by atoms with Crippen molar-refractivity contribution in [2.45, 2.75) is 0 Å². The Morgan fingerprint density at radius 2 is 1.48 bits per heavy atom. The van der Waals surface area contributed by atoms with Crippen molar-refractivity contribution < 1.29 is 19.7 Å². The van der Waals surface area contributed by atoms with E-state index in [2.05, 4.69) is 35.3 Å². The topological polar surface area (TPSA) is 128 Å². The Kier molecular flexibility index (Phi) is 5.86. The van der Waals surface area contributed by atoms with E-state index in [1.165, 1.54) is 18.3 Å². The van der Waals surface area contributed by atoms with Crippen LogP contribution in [0.4, 0.5) is 17.8 Å². The van der Waals surface area contributed by atoms with Gasteiger partial charge in [0.2, 0.25) is 17.8 Å². The van der Waals surface area contributed by atoms with E-state index < -0.39 is 0 Å². The summed E-state index contributed by atoms with van der Waals surface area (Å²) < 4.78 is 10.8. The predicted octanol–water partition coefficient (Wildman–Crippen LogP) is 0.402. The summed E-state index contributed by atoms with van der Waals surface area (Å²) in [5.74, 6) is 1.34. The minimum absolute atomic E-state index is 0.0182. The van der Waals surface area contributed by atoms with Crippen LogP contribution >= 0.6 is 0 Å². The molecule has 154 valence electrons. The number of hydrazone groups is 1. The Hall–Kier alpha value is -3.18. The van der Waals surface area contributed by atoms with Gasteiger partial charge in [-0.2, -0.15) is 20.1 Å². The van der Waals surface area contributed by atoms with Crippen molar-refractivity contribution in [1.29, 1.82) is 0 Å². The van der Waals surface area contributed by atoms with Gasteiger partial charge in [0.1, 0.15) is 11.5 Å². The van der Waals surface area contributed by atoms with Gasteiger partial charge in [0.25, 0.3) is 0 Å². The second-order valence-corrected chi connectivity index (χ2v) is 6.57. The molecule has 3 heterocycles. The highest BCUT2D eigenvalue weighted by Gasteiger charge is 2.20. The van der Waals surface area contributed by atoms with Gasteiger partial charge in [-0.1, -0.05) is 0 Å². The molecule has 29 heavy (non-hydrogen) atoms. The molecule has 0 amide bonds. The molecule has 11 heteroatoms. The summed E-state index contributed by atoms with van der Waals surface area (Å²) in [5.41, 5.74) is 3.26. The van der Waals surface area contributed by atoms with Crippen LogP contribution in [0, 0.1) is 0 Å². The molecule has 2 aromatic rings. The van der Waals surface area contributed by atoms with E-state index in [-0.39, 0.29) is 11.5 Å². The van der Waals surface area contributed by atoms with Crippen molar-refractivity contribution in [2.75, 3.05) is 67.8 Å². The number of nitrogens with one attached hydrogen (secondary N) is 1. The summed E-state index contributed by atoms with van der Waals surface area (Å²) in [7, 11) is 0. The molecule has 3 N–H and O–H groups in total. The number of aromatic hydroxyl groups is 2. The SMILES string of the molecule is Oc1ccc(/C=N\Nc2nc(N3CCOCC3)nc(N3CCOCC3)n2)c(O)c1. The minimum Gasteiger partial charge on any atom is -0.508 e. The van der Waals surface area contributed by atoms with Gasteiger partial charge in [-0.3, -0.25) is 0 Å². The predicted molar refractivity (Wildman–Crippen MR) is 107 cm³/mol. The van der Waals surface area contributed by atoms with Crippen LogP contribution in [-0.2, 0) is 9.47 Å². The quantitative estimate of drug-likeness (QED) is 0.478. The standard InChI is InChI=1S/C18H23N7O4/c26-14-2-1-13(15(27)11-14)12-19-23-16-20-17(24-3-7-28-8-4-24)22-18(21-16)25-5-9-29-10-6-25/h1-2,11-12,26-27H,3-10H2,(H,20,21,22,23)/b19-12-. The van der Waals surface area contributed by atoms with Crippen LogP contribution < -0.4 is 15.2 Å². The van der Waals surface area contributed by atoms with E-state index in [9.17, 15) is 10.2 Å². The molecule has 1 aromatic carbocycles. The number of morpholine rings is 2. The van der Waals surface area contributed by atoms with Gasteiger partial charge in [-0.25, -0.2) is 5.43 Å². The van der Waals surface area contributed by atoms with E-state index in [0.717, 1.165) is 0 Å². The first-order chi connectivity index (χ1) is 14.2. The Bertz CT molecular complexity index is 831. The van der Waals surface area contributed by atoms with E-state index in [4.69, 9.17) is 9.47 Å². The van der Waals surface area contributed by atoms with E-state index in [0.29, 0.717) is 76.0 Å². The van der Waals surface area contributed by atoms with Gasteiger partial charge in [0.05, 0.1) is 32.6 Å². The fourth-order valence-electron chi connectivity index (χ4n) is 3.01. The molecule has 0 radical (unpaired) electrons. The summed E-state index contributed by atoms with van der Waals surface area (Å²) in [5, 5.41) is 23.4. The molecule has 2 fully saturated rings. The molecule has 0 aliphatic carbocycles. The number of phenols is 2. The molecule has 1 aromatic heterocycles. The van der Waals surface area contributed by atoms with Crippen LogP contribution in [0.5, 0.6) is 11.5 Å². The van der Waals surface area contributed by atoms with Crippen LogP contribution in [0.1, 0.15) is 5.56 Å². The highest BCUT2D eigenvalue weighted by molar-refractivity contribution is 5.84. The maximum atomic E-state index is 9.86. The highest BCUT2D eigenvalue weighted by atomic mass is 16.5. The lowest BCUT2D eigenvalue weighted by molar-refractivity contribution is 0.121. The van der Waals surface area contributed by atoms with Gasteiger partial charge in [-0.15, -0.1) is 0 Å². The number of anilines is 3. The van der Waals surface area contributed by atoms with E-state index in [1.807, 2.05) is 0 Å². The van der Waals surface area contributed by atoms with Crippen molar-refractivity contribution in [3.8, 4) is 11.5 Å². The van der Waals surface area contributed by atoms with E-state index in [1.54, 1.807) is 6.07 Å². The second kappa shape index (κ2) is 8.88. The molecule has 11 nitrogen and oxygen atoms in total. The molecule has 0 spiro atoms. The third-order valence-electron chi connectivity index (χ3n) is 4.58. The summed E-state index contributed by atoms with van der Waals surface area (Å²) in [6, 6.07) is 4.27. The average molecular weight is 401 g/mol. The smallest absolute Gasteiger partial charge is 0.250 e. The first-order valence-corrected chi connectivity index (χ1v) is 9.41. The van der Waals surface area contributed by atoms with Gasteiger partial charge < -0.3 is 29.5 Å². The van der Waals surface area contributed by atoms with E-state index >= 15 is 0 Å². The lowest BCUT2D eigenvalue weighted by Crippen LogP contribution is -2.40. The average Bonchev–Trinajstić information content (AvgIpc) is 2.76. The number of benzene rings is 1. The van der Waals surface area contributed by atoms with Crippen molar-refractivity contribution in [2.24, 2.45) is 5.10 Å². The molecule has 0 bridgehead atoms. The first kappa shape index (κ1) is 19.2. The lowest BCUT2D eigenvalue weighted by atomic mass is 10.2. The summed E-state index contributed by atoms with van der Waals surface area (Å²) in [6.07, 6.45) is 1.43. The van der Waals surface area contributed by atoms with Gasteiger partial charge in [0, 0.05) is 37.8 Å². The minimum atomic E-state index is -0.0748. The van der Waals surface area contributed by atoms with Crippen molar-refractivity contribution in [3.05, 3.63) is 23.8 Å². The van der Waals surface area contributed by atoms with Gasteiger partial charge in [-0.05, 0) is 12.1 Å². The molecule has 2 saturated heterocycles. The molecule has 0 saturated carbocycles. The number of rotatable bonds is 5. The fraction of sp³-hybridized carbons (Fsp3) is 0.444. The van der Waals surface area contributed by atoms with Crippen molar-refractivity contribution >= 4 is 24.1 Å². The Morgan fingerprint density at radius 1 is 0.897 bits per heavy atom. The summed E-state index contributed by atoms with van der Waals surface area (Å²) >= 11 is 0. The number of phenolic OH excluding ortho intramolecular Hbond substituents is 2. The largest absolute Gasteiger partial charge is 0.508 e. The second-order valence-electron chi connectivity index (χ2n) is 6.57. The van der Waals surface area contributed by atoms with Crippen LogP contribution in [0.3, 0.4) is 0 Å². The molecular weight excluding hydrogens is 378 g/mol. The van der Waals surface area contributed by atoms with Crippen molar-refractivity contribution in [3.63, 3.8) is 0 Å². The first-order valence-electron chi connectivity index (χ1n) is 9.41. The monoisotopic (exact) mass is 401 g/mol. The van der Waals surface area contributed by atoms with Crippen molar-refractivity contribution in [1.82, 2.24) is 15.0 Å². The summed E-state index contributed by atoms with van der Waals surface area (Å²) in [4.78, 5) is 17.7. The number of ether oxygens (including phenoxy) is 2. The molecule has 2 aliphatic rings. The summed E-state index contributed by atoms with van der Waals surface area (Å²) in [6.45, 7) is 5.32. The lowest BCUT2D eigenvalue weighted by Gasteiger charge is -2.30. The molecule has 4 rings (SSSR count). The van der Waals surface area contributed by atoms with Crippen LogP contribution in [-0.4, -0.2) is 84.0 Å². The van der Waals surface area contributed by atoms with Crippen LogP contribution in [0.25, 0.3) is 0 Å². The molecule has 2 aliphatic heterocycles. The molecule has 0 unspecified atom stereocenters. The Labute approximate surface area is 167 Å². The third kappa shape index (κ3) is 4.81. The Balaban J connectivity index is 1.56. The Morgan fingerprint density at radius 3 is 2.03 bits per heavy atom. The third-order valence-corrected chi connectivity index (χ3v) is 4.58. The fourth-order valence-corrected chi connectivity index (χ4v) is 3.01. The zero-order valence-electron chi connectivity index (χ0n) is 15.9. The maximum absolute atomic E-state index is 9.86. The molecule has 0 atom stereocenters. The highest BCUT2D eigenvalue weighted by Crippen LogP contribution is 2.21. The number of nitrogens with zero attached hydrogens (tertiary/aromatic N) is 6. The van der Waals surface area contributed by atoms with Gasteiger partial charge in [0.15, 0.2) is 0 Å². The van der Waals surface area contributed by atoms with Gasteiger partial charge >= 0.3 is 0 Å². The van der Waals surface area contributed by atoms with Crippen LogP contribution in [0.15, 0.2) is 23.3 Å². The number of hydrogen-bond donors (Lipinski definition) is 3. The maximum Gasteiger partial charge on any atom is 0.250 e. The van der Waals surface area contributed by atoms with Crippen LogP contribution in [0.2, 0.25) is 0 Å². The zero-order chi connectivity index (χ0) is 20.1. The number of hydrogen-bond acceptors (Lipinski definition) is 11. The normalized spacial score (nSPS) is 17.7. The molecular formula is C18H23N7O4.